The molecule has 9 rings (SSSR count). The maximum Gasteiger partial charge on any atom is 0.147 e. The highest BCUT2D eigenvalue weighted by molar-refractivity contribution is 5.68. The fourth-order valence-corrected chi connectivity index (χ4v) is 9.98. The summed E-state index contributed by atoms with van der Waals surface area (Å²) in [6, 6.07) is 16.8. The lowest BCUT2D eigenvalue weighted by molar-refractivity contribution is 0.107. The first-order valence-corrected chi connectivity index (χ1v) is 21.1. The molecule has 1 saturated carbocycles. The average molecular weight is 771 g/mol. The van der Waals surface area contributed by atoms with Crippen LogP contribution in [-0.2, 0) is 25.8 Å². The van der Waals surface area contributed by atoms with Gasteiger partial charge < -0.3 is 30.7 Å². The first kappa shape index (κ1) is 37.3. The first-order valence-electron chi connectivity index (χ1n) is 21.1. The highest BCUT2D eigenvalue weighted by Gasteiger charge is 2.38. The molecule has 302 valence electrons. The number of hydrogen-bond donors (Lipinski definition) is 3. The molecule has 0 atom stereocenters. The molecule has 2 saturated heterocycles. The number of fused-ring (bicyclic) bond motifs is 2. The number of aromatic nitrogens is 2. The smallest absolute Gasteiger partial charge is 0.147 e. The Balaban J connectivity index is 0.00000201. The molecule has 6 heterocycles. The number of allylic oxidation sites excluding steroid dienone is 1. The third-order valence-electron chi connectivity index (χ3n) is 13.5. The van der Waals surface area contributed by atoms with Crippen LogP contribution in [0.4, 0.5) is 33.0 Å². The van der Waals surface area contributed by atoms with Gasteiger partial charge in [0.15, 0.2) is 0 Å². The van der Waals surface area contributed by atoms with Gasteiger partial charge in [-0.15, -0.1) is 0 Å². The van der Waals surface area contributed by atoms with Crippen molar-refractivity contribution in [2.75, 3.05) is 53.2 Å². The normalized spacial score (nSPS) is 20.9. The van der Waals surface area contributed by atoms with Crippen molar-refractivity contribution < 1.29 is 8.67 Å². The van der Waals surface area contributed by atoms with Gasteiger partial charge in [0.25, 0.3) is 0 Å². The topological polar surface area (TPSA) is 71.6 Å². The van der Waals surface area contributed by atoms with E-state index in [9.17, 15) is 0 Å². The fourth-order valence-electron chi connectivity index (χ4n) is 9.98. The molecule has 2 aromatic heterocycles. The van der Waals surface area contributed by atoms with E-state index in [2.05, 4.69) is 102 Å². The Kier molecular flexibility index (Phi) is 10.2. The van der Waals surface area contributed by atoms with Crippen LogP contribution in [0.3, 0.4) is 0 Å². The molecule has 0 spiro atoms. The lowest BCUT2D eigenvalue weighted by Crippen LogP contribution is -2.39. The van der Waals surface area contributed by atoms with Crippen molar-refractivity contribution in [3.8, 4) is 0 Å². The summed E-state index contributed by atoms with van der Waals surface area (Å²) in [6.45, 7) is 22.6. The summed E-state index contributed by atoms with van der Waals surface area (Å²) >= 11 is 0. The zero-order valence-corrected chi connectivity index (χ0v) is 33.8. The van der Waals surface area contributed by atoms with E-state index >= 15 is 4.39 Å². The van der Waals surface area contributed by atoms with Crippen LogP contribution >= 0.6 is 0 Å². The minimum absolute atomic E-state index is 0. The fraction of sp³-hybridized carbons (Fsp3) is 0.417. The van der Waals surface area contributed by atoms with E-state index in [4.69, 9.17) is 9.97 Å². The number of likely N-dealkylation sites (tertiary alicyclic amines) is 1. The number of anilines is 5. The van der Waals surface area contributed by atoms with Crippen molar-refractivity contribution in [1.82, 2.24) is 20.2 Å². The standard InChI is InChI=1S/C48H57FN8.3H2/c1-30-23-41(53-47-13-10-36-17-21-56(29-44(36)54-47)46-28-51-43-7-6-18-50-48(43)33(46)4)11-8-37(30)24-32(3)55-19-15-35(16-20-55)39-25-40(26-39)38-9-12-45(42(49)27-38)57-22-14-31(2)52-34(57)5;;;/h8-13,23,27-28,35,39-40,50,52H,2-3,5-7,14-22,24-26,29H2,1,4H3,(H,53,54);3*1H. The number of pyridine rings is 2. The Morgan fingerprint density at radius 3 is 2.56 bits per heavy atom. The van der Waals surface area contributed by atoms with Gasteiger partial charge in [0.2, 0.25) is 0 Å². The Hall–Kier alpha value is -5.31. The number of hydrogen-bond acceptors (Lipinski definition) is 8. The number of rotatable bonds is 9. The average Bonchev–Trinajstić information content (AvgIpc) is 3.19. The molecule has 4 aromatic rings. The van der Waals surface area contributed by atoms with Gasteiger partial charge in [0, 0.05) is 66.9 Å². The van der Waals surface area contributed by atoms with Gasteiger partial charge in [-0.05, 0) is 135 Å². The van der Waals surface area contributed by atoms with E-state index in [1.165, 1.54) is 57.9 Å². The number of aryl methyl sites for hydroxylation is 2. The zero-order valence-electron chi connectivity index (χ0n) is 33.8. The first-order chi connectivity index (χ1) is 27.7. The van der Waals surface area contributed by atoms with Crippen LogP contribution < -0.4 is 25.8 Å². The van der Waals surface area contributed by atoms with E-state index in [1.807, 2.05) is 11.0 Å². The number of nitrogens with one attached hydrogen (secondary N) is 3. The van der Waals surface area contributed by atoms with Crippen molar-refractivity contribution in [2.24, 2.45) is 11.8 Å². The van der Waals surface area contributed by atoms with Crippen molar-refractivity contribution in [1.29, 1.82) is 0 Å². The highest BCUT2D eigenvalue weighted by atomic mass is 19.1. The molecular formula is C48H63FN8. The van der Waals surface area contributed by atoms with Gasteiger partial charge in [-0.1, -0.05) is 37.9 Å². The van der Waals surface area contributed by atoms with E-state index in [-0.39, 0.29) is 10.1 Å². The van der Waals surface area contributed by atoms with Crippen molar-refractivity contribution >= 4 is 28.6 Å². The Morgan fingerprint density at radius 1 is 0.930 bits per heavy atom. The predicted molar refractivity (Wildman–Crippen MR) is 238 cm³/mol. The van der Waals surface area contributed by atoms with Gasteiger partial charge >= 0.3 is 0 Å². The highest BCUT2D eigenvalue weighted by Crippen LogP contribution is 2.49. The van der Waals surface area contributed by atoms with E-state index in [0.717, 1.165) is 118 Å². The van der Waals surface area contributed by atoms with Crippen LogP contribution in [0.15, 0.2) is 91.7 Å². The third-order valence-corrected chi connectivity index (χ3v) is 13.5. The Bertz CT molecular complexity index is 2230. The van der Waals surface area contributed by atoms with Gasteiger partial charge in [-0.25, -0.2) is 9.37 Å². The van der Waals surface area contributed by atoms with Crippen LogP contribution in [0.5, 0.6) is 0 Å². The molecule has 0 radical (unpaired) electrons. The second-order valence-electron chi connectivity index (χ2n) is 17.1. The SMILES string of the molecule is C=C1CCN(c2ccc(C3CC(C4CCN(C(=C)Cc5ccc(Nc6ccc7c(n6)CN(c6cnc8c(c6C)NCCC8)CC7)cc5C)CC4)C3)cc2F)C(=C)N1.[HH].[HH].[HH]. The molecule has 1 aliphatic carbocycles. The zero-order chi connectivity index (χ0) is 39.2. The number of halogens is 1. The minimum atomic E-state index is -0.162. The monoisotopic (exact) mass is 771 g/mol. The molecule has 9 heteroatoms. The third kappa shape index (κ3) is 7.61. The summed E-state index contributed by atoms with van der Waals surface area (Å²) in [7, 11) is 0. The Morgan fingerprint density at radius 2 is 1.77 bits per heavy atom. The van der Waals surface area contributed by atoms with Crippen LogP contribution in [0.25, 0.3) is 0 Å². The van der Waals surface area contributed by atoms with Crippen LogP contribution in [0, 0.1) is 31.5 Å². The second kappa shape index (κ2) is 15.6. The van der Waals surface area contributed by atoms with Crippen molar-refractivity contribution in [2.45, 2.75) is 84.1 Å². The summed E-state index contributed by atoms with van der Waals surface area (Å²) < 4.78 is 15.3. The largest absolute Gasteiger partial charge is 0.383 e. The lowest BCUT2D eigenvalue weighted by Gasteiger charge is -2.45. The molecule has 0 unspecified atom stereocenters. The van der Waals surface area contributed by atoms with Crippen molar-refractivity contribution in [3.05, 3.63) is 137 Å². The van der Waals surface area contributed by atoms with Crippen LogP contribution in [0.1, 0.15) is 87.9 Å². The summed E-state index contributed by atoms with van der Waals surface area (Å²) in [5.41, 5.74) is 14.9. The number of piperidine rings is 1. The summed E-state index contributed by atoms with van der Waals surface area (Å²) in [4.78, 5) is 16.8. The molecule has 2 aromatic carbocycles. The lowest BCUT2D eigenvalue weighted by atomic mass is 9.64. The van der Waals surface area contributed by atoms with E-state index < -0.39 is 0 Å². The number of benzene rings is 2. The van der Waals surface area contributed by atoms with Crippen molar-refractivity contribution in [3.63, 3.8) is 0 Å². The van der Waals surface area contributed by atoms with Gasteiger partial charge in [-0.2, -0.15) is 0 Å². The summed E-state index contributed by atoms with van der Waals surface area (Å²) in [5, 5.41) is 10.3. The summed E-state index contributed by atoms with van der Waals surface area (Å²) in [6.07, 6.45) is 11.6. The van der Waals surface area contributed by atoms with Gasteiger partial charge in [-0.3, -0.25) is 4.98 Å². The molecule has 5 aliphatic rings. The molecule has 0 bridgehead atoms. The molecule has 57 heavy (non-hydrogen) atoms. The second-order valence-corrected chi connectivity index (χ2v) is 17.1. The van der Waals surface area contributed by atoms with E-state index in [0.29, 0.717) is 24.0 Å². The maximum absolute atomic E-state index is 15.3. The predicted octanol–water partition coefficient (Wildman–Crippen LogP) is 10.4. The van der Waals surface area contributed by atoms with Crippen LogP contribution in [0.2, 0.25) is 0 Å². The Labute approximate surface area is 342 Å². The van der Waals surface area contributed by atoms with Gasteiger partial charge in [0.1, 0.15) is 17.5 Å². The minimum Gasteiger partial charge on any atom is -0.383 e. The molecule has 3 N–H and O–H groups in total. The molecule has 3 fully saturated rings. The quantitative estimate of drug-likeness (QED) is 0.155. The van der Waals surface area contributed by atoms with E-state index in [1.54, 1.807) is 6.07 Å². The van der Waals surface area contributed by atoms with Crippen LogP contribution in [-0.4, -0.2) is 47.6 Å². The summed E-state index contributed by atoms with van der Waals surface area (Å²) in [5.74, 6) is 3.32. The molecule has 8 nitrogen and oxygen atoms in total. The molecule has 0 amide bonds. The number of nitrogens with zero attached hydrogens (tertiary/aromatic N) is 5. The molecular weight excluding hydrogens is 708 g/mol. The maximum atomic E-state index is 15.3. The van der Waals surface area contributed by atoms with Gasteiger partial charge in [0.05, 0.1) is 41.2 Å². The molecule has 4 aliphatic heterocycles.